The summed E-state index contributed by atoms with van der Waals surface area (Å²) in [5.74, 6) is -0.966. The molecule has 0 aromatic heterocycles. The summed E-state index contributed by atoms with van der Waals surface area (Å²) in [4.78, 5) is 50.4. The Morgan fingerprint density at radius 3 is 2.62 bits per heavy atom. The number of piperidine rings is 1. The van der Waals surface area contributed by atoms with Crippen molar-refractivity contribution in [1.82, 2.24) is 20.9 Å². The van der Waals surface area contributed by atoms with Crippen LogP contribution in [0.5, 0.6) is 0 Å². The molecule has 0 radical (unpaired) electrons. The van der Waals surface area contributed by atoms with E-state index in [1.807, 2.05) is 54.6 Å². The van der Waals surface area contributed by atoms with Gasteiger partial charge in [-0.05, 0) is 39.9 Å². The third kappa shape index (κ3) is 4.22. The Kier molecular flexibility index (Phi) is 5.71. The molecular weight excluding hydrogens is 432 g/mol. The van der Waals surface area contributed by atoms with Gasteiger partial charge in [0.1, 0.15) is 6.04 Å². The Morgan fingerprint density at radius 1 is 0.971 bits per heavy atom. The van der Waals surface area contributed by atoms with Crippen molar-refractivity contribution in [1.29, 1.82) is 0 Å². The number of hydrogen-bond donors (Lipinski definition) is 3. The molecule has 0 bridgehead atoms. The third-order valence-electron chi connectivity index (χ3n) is 6.36. The number of amides is 5. The molecule has 3 aromatic rings. The Bertz CT molecular complexity index is 1310. The van der Waals surface area contributed by atoms with Gasteiger partial charge in [0.25, 0.3) is 5.91 Å². The first-order chi connectivity index (χ1) is 16.5. The quantitative estimate of drug-likeness (QED) is 0.513. The summed E-state index contributed by atoms with van der Waals surface area (Å²) in [5.41, 5.74) is 3.18. The average Bonchev–Trinajstić information content (AvgIpc) is 3.17. The van der Waals surface area contributed by atoms with Crippen molar-refractivity contribution in [2.75, 3.05) is 0 Å². The first-order valence-corrected chi connectivity index (χ1v) is 11.2. The van der Waals surface area contributed by atoms with Crippen LogP contribution < -0.4 is 16.0 Å². The molecule has 1 saturated heterocycles. The highest BCUT2D eigenvalue weighted by molar-refractivity contribution is 6.05. The molecule has 5 amide bonds. The number of carbonyl (C=O) groups excluding carboxylic acids is 4. The summed E-state index contributed by atoms with van der Waals surface area (Å²) in [7, 11) is 0. The van der Waals surface area contributed by atoms with Gasteiger partial charge in [0.2, 0.25) is 11.8 Å². The van der Waals surface area contributed by atoms with Crippen LogP contribution in [0.2, 0.25) is 0 Å². The molecule has 1 unspecified atom stereocenters. The Hall–Kier alpha value is -4.20. The summed E-state index contributed by atoms with van der Waals surface area (Å²) in [6.07, 6.45) is 0.551. The fourth-order valence-corrected chi connectivity index (χ4v) is 4.58. The number of hydrogen-bond acceptors (Lipinski definition) is 4. The molecular formula is C26H24N4O4. The molecule has 8 heteroatoms. The van der Waals surface area contributed by atoms with Gasteiger partial charge in [-0.15, -0.1) is 0 Å². The number of benzene rings is 3. The highest BCUT2D eigenvalue weighted by Crippen LogP contribution is 2.28. The van der Waals surface area contributed by atoms with E-state index in [1.165, 1.54) is 4.90 Å². The van der Waals surface area contributed by atoms with Crippen molar-refractivity contribution in [2.45, 2.75) is 38.5 Å². The summed E-state index contributed by atoms with van der Waals surface area (Å²) in [5, 5.41) is 10.2. The van der Waals surface area contributed by atoms with Crippen molar-refractivity contribution in [3.8, 4) is 0 Å². The van der Waals surface area contributed by atoms with Gasteiger partial charge in [0, 0.05) is 31.6 Å². The van der Waals surface area contributed by atoms with Crippen LogP contribution in [0.15, 0.2) is 60.7 Å². The van der Waals surface area contributed by atoms with Gasteiger partial charge in [0.15, 0.2) is 0 Å². The molecule has 1 atom stereocenters. The van der Waals surface area contributed by atoms with Gasteiger partial charge in [-0.25, -0.2) is 4.79 Å². The number of imide groups is 1. The summed E-state index contributed by atoms with van der Waals surface area (Å²) < 4.78 is 0. The maximum Gasteiger partial charge on any atom is 0.315 e. The largest absolute Gasteiger partial charge is 0.334 e. The van der Waals surface area contributed by atoms with E-state index in [4.69, 9.17) is 0 Å². The van der Waals surface area contributed by atoms with E-state index in [0.29, 0.717) is 25.1 Å². The molecule has 34 heavy (non-hydrogen) atoms. The second kappa shape index (κ2) is 8.97. The molecule has 2 heterocycles. The van der Waals surface area contributed by atoms with Gasteiger partial charge in [0.05, 0.1) is 0 Å². The highest BCUT2D eigenvalue weighted by Gasteiger charge is 2.39. The van der Waals surface area contributed by atoms with Crippen molar-refractivity contribution >= 4 is 34.5 Å². The van der Waals surface area contributed by atoms with Crippen LogP contribution in [0.3, 0.4) is 0 Å². The molecule has 3 aromatic carbocycles. The van der Waals surface area contributed by atoms with E-state index in [2.05, 4.69) is 16.0 Å². The molecule has 0 saturated carbocycles. The van der Waals surface area contributed by atoms with Crippen LogP contribution in [0.4, 0.5) is 4.79 Å². The van der Waals surface area contributed by atoms with Crippen LogP contribution in [0.1, 0.15) is 39.9 Å². The number of nitrogens with one attached hydrogen (secondary N) is 3. The Morgan fingerprint density at radius 2 is 1.76 bits per heavy atom. The number of carbonyl (C=O) groups is 4. The standard InChI is InChI=1S/C26H24N4O4/c31-23-11-10-22(24(32)29-23)30-15-19-9-8-16(12-21(19)25(30)33)13-27-26(34)28-14-18-6-3-5-17-4-1-2-7-20(17)18/h1-9,12,22H,10-11,13-15H2,(H2,27,28,34)(H,29,31,32). The lowest BCUT2D eigenvalue weighted by molar-refractivity contribution is -0.136. The van der Waals surface area contributed by atoms with E-state index >= 15 is 0 Å². The van der Waals surface area contributed by atoms with Crippen LogP contribution in [0, 0.1) is 0 Å². The minimum Gasteiger partial charge on any atom is -0.334 e. The maximum atomic E-state index is 12.9. The van der Waals surface area contributed by atoms with Crippen LogP contribution >= 0.6 is 0 Å². The van der Waals surface area contributed by atoms with Crippen molar-refractivity contribution in [3.63, 3.8) is 0 Å². The molecule has 0 aliphatic carbocycles. The number of rotatable bonds is 5. The molecule has 172 valence electrons. The van der Waals surface area contributed by atoms with Gasteiger partial charge < -0.3 is 15.5 Å². The third-order valence-corrected chi connectivity index (χ3v) is 6.36. The van der Waals surface area contributed by atoms with E-state index in [-0.39, 0.29) is 30.8 Å². The van der Waals surface area contributed by atoms with Crippen LogP contribution in [-0.4, -0.2) is 34.7 Å². The predicted molar refractivity (Wildman–Crippen MR) is 126 cm³/mol. The fourth-order valence-electron chi connectivity index (χ4n) is 4.58. The number of urea groups is 1. The molecule has 1 fully saturated rings. The summed E-state index contributed by atoms with van der Waals surface area (Å²) in [6.45, 7) is 0.997. The maximum absolute atomic E-state index is 12.9. The van der Waals surface area contributed by atoms with Gasteiger partial charge in [-0.2, -0.15) is 0 Å². The predicted octanol–water partition coefficient (Wildman–Crippen LogP) is 2.60. The molecule has 2 aliphatic heterocycles. The Labute approximate surface area is 196 Å². The zero-order valence-corrected chi connectivity index (χ0v) is 18.5. The second-order valence-corrected chi connectivity index (χ2v) is 8.57. The zero-order valence-electron chi connectivity index (χ0n) is 18.5. The summed E-state index contributed by atoms with van der Waals surface area (Å²) in [6, 6.07) is 18.6. The SMILES string of the molecule is O=C1CCC(N2Cc3ccc(CNC(=O)NCc4cccc5ccccc45)cc3C2=O)C(=O)N1. The lowest BCUT2D eigenvalue weighted by Crippen LogP contribution is -2.52. The highest BCUT2D eigenvalue weighted by atomic mass is 16.2. The van der Waals surface area contributed by atoms with E-state index < -0.39 is 11.9 Å². The average molecular weight is 457 g/mol. The lowest BCUT2D eigenvalue weighted by atomic mass is 10.0. The van der Waals surface area contributed by atoms with Gasteiger partial charge in [-0.3, -0.25) is 19.7 Å². The molecule has 2 aliphatic rings. The zero-order chi connectivity index (χ0) is 23.7. The fraction of sp³-hybridized carbons (Fsp3) is 0.231. The van der Waals surface area contributed by atoms with Gasteiger partial charge in [-0.1, -0.05) is 54.6 Å². The first kappa shape index (κ1) is 21.6. The smallest absolute Gasteiger partial charge is 0.315 e. The van der Waals surface area contributed by atoms with Crippen molar-refractivity contribution in [2.24, 2.45) is 0 Å². The molecule has 0 spiro atoms. The van der Waals surface area contributed by atoms with Gasteiger partial charge >= 0.3 is 6.03 Å². The van der Waals surface area contributed by atoms with Crippen LogP contribution in [-0.2, 0) is 29.2 Å². The van der Waals surface area contributed by atoms with Crippen LogP contribution in [0.25, 0.3) is 10.8 Å². The van der Waals surface area contributed by atoms with Crippen molar-refractivity contribution < 1.29 is 19.2 Å². The molecule has 3 N–H and O–H groups in total. The number of nitrogens with zero attached hydrogens (tertiary/aromatic N) is 1. The van der Waals surface area contributed by atoms with Crippen molar-refractivity contribution in [3.05, 3.63) is 82.9 Å². The summed E-state index contributed by atoms with van der Waals surface area (Å²) >= 11 is 0. The minimum atomic E-state index is -0.640. The van der Waals surface area contributed by atoms with E-state index in [9.17, 15) is 19.2 Å². The van der Waals surface area contributed by atoms with E-state index in [0.717, 1.165) is 27.5 Å². The molecule has 5 rings (SSSR count). The van der Waals surface area contributed by atoms with E-state index in [1.54, 1.807) is 6.07 Å². The normalized spacial score (nSPS) is 17.5. The monoisotopic (exact) mass is 456 g/mol. The lowest BCUT2D eigenvalue weighted by Gasteiger charge is -2.29. The first-order valence-electron chi connectivity index (χ1n) is 11.2. The Balaban J connectivity index is 1.19. The second-order valence-electron chi connectivity index (χ2n) is 8.57. The molecule has 8 nitrogen and oxygen atoms in total. The topological polar surface area (TPSA) is 108 Å². The minimum absolute atomic E-state index is 0.222. The number of fused-ring (bicyclic) bond motifs is 2.